The number of hydrogen-bond acceptors (Lipinski definition) is 3. The molecule has 0 atom stereocenters. The Morgan fingerprint density at radius 2 is 1.66 bits per heavy atom. The van der Waals surface area contributed by atoms with Gasteiger partial charge in [0.1, 0.15) is 5.75 Å². The number of nitrogens with zero attached hydrogens (tertiary/aromatic N) is 1. The SMILES string of the molecule is [2H]C([2H])(c1ccccc1OCCCCCC(=O)O)N(c1ccc(C23CCC(C)(CC2)CC3)cc1)C(C)C. The Balaban J connectivity index is 1.50. The first-order valence-electron chi connectivity index (χ1n) is 14.4. The number of fused-ring (bicyclic) bond motifs is 3. The van der Waals surface area contributed by atoms with Crippen molar-refractivity contribution in [2.75, 3.05) is 11.5 Å². The minimum Gasteiger partial charge on any atom is -0.493 e. The minimum atomic E-state index is -1.77. The molecule has 2 aromatic carbocycles. The summed E-state index contributed by atoms with van der Waals surface area (Å²) in [5.74, 6) is -0.235. The molecule has 2 bridgehead atoms. The lowest BCUT2D eigenvalue weighted by molar-refractivity contribution is -0.137. The zero-order valence-corrected chi connectivity index (χ0v) is 21.7. The number of unbranched alkanes of at least 4 members (excludes halogenated alkanes) is 2. The summed E-state index contributed by atoms with van der Waals surface area (Å²) in [6.45, 7) is 5.16. The second-order valence-corrected chi connectivity index (χ2v) is 11.3. The third kappa shape index (κ3) is 6.20. The third-order valence-electron chi connectivity index (χ3n) is 8.32. The van der Waals surface area contributed by atoms with Crippen molar-refractivity contribution in [3.8, 4) is 5.75 Å². The van der Waals surface area contributed by atoms with Gasteiger partial charge in [0.15, 0.2) is 0 Å². The van der Waals surface area contributed by atoms with Crippen molar-refractivity contribution < 1.29 is 17.4 Å². The van der Waals surface area contributed by atoms with E-state index in [4.69, 9.17) is 9.84 Å². The monoisotopic (exact) mass is 479 g/mol. The van der Waals surface area contributed by atoms with Crippen LogP contribution in [-0.2, 0) is 16.7 Å². The topological polar surface area (TPSA) is 49.8 Å². The summed E-state index contributed by atoms with van der Waals surface area (Å²) in [6.07, 6.45) is 10.0. The first kappa shape index (κ1) is 22.9. The highest BCUT2D eigenvalue weighted by Crippen LogP contribution is 2.57. The fourth-order valence-electron chi connectivity index (χ4n) is 5.83. The molecule has 190 valence electrons. The van der Waals surface area contributed by atoms with Crippen LogP contribution in [0.3, 0.4) is 0 Å². The number of rotatable bonds is 12. The number of benzene rings is 2. The maximum absolute atomic E-state index is 10.7. The van der Waals surface area contributed by atoms with E-state index in [0.29, 0.717) is 35.2 Å². The smallest absolute Gasteiger partial charge is 0.303 e. The molecular formula is C31H43NO3. The highest BCUT2D eigenvalue weighted by atomic mass is 16.5. The average molecular weight is 480 g/mol. The van der Waals surface area contributed by atoms with Crippen LogP contribution in [0.15, 0.2) is 48.5 Å². The van der Waals surface area contributed by atoms with E-state index < -0.39 is 12.5 Å². The number of aliphatic carboxylic acids is 1. The normalized spacial score (nSPS) is 24.7. The summed E-state index contributed by atoms with van der Waals surface area (Å²) < 4.78 is 24.5. The number of hydrogen-bond donors (Lipinski definition) is 1. The van der Waals surface area contributed by atoms with Crippen LogP contribution >= 0.6 is 0 Å². The highest BCUT2D eigenvalue weighted by Gasteiger charge is 2.46. The third-order valence-corrected chi connectivity index (χ3v) is 8.32. The Morgan fingerprint density at radius 1 is 1.00 bits per heavy atom. The molecule has 3 aliphatic carbocycles. The van der Waals surface area contributed by atoms with Crippen molar-refractivity contribution in [2.24, 2.45) is 5.41 Å². The van der Waals surface area contributed by atoms with E-state index in [1.54, 1.807) is 0 Å². The number of para-hydroxylation sites is 1. The number of carboxylic acid groups (broad SMARTS) is 1. The van der Waals surface area contributed by atoms with Crippen molar-refractivity contribution in [2.45, 2.75) is 103 Å². The van der Waals surface area contributed by atoms with Gasteiger partial charge in [0, 0.05) is 30.2 Å². The van der Waals surface area contributed by atoms with Gasteiger partial charge in [-0.05, 0) is 106 Å². The summed E-state index contributed by atoms with van der Waals surface area (Å²) in [7, 11) is 0. The molecule has 3 aliphatic rings. The molecule has 3 fully saturated rings. The van der Waals surface area contributed by atoms with Crippen molar-refractivity contribution in [3.63, 3.8) is 0 Å². The lowest BCUT2D eigenvalue weighted by atomic mass is 9.52. The summed E-state index contributed by atoms with van der Waals surface area (Å²) in [5.41, 5.74) is 3.63. The maximum atomic E-state index is 10.7. The van der Waals surface area contributed by atoms with Gasteiger partial charge >= 0.3 is 5.97 Å². The van der Waals surface area contributed by atoms with Crippen LogP contribution in [0.1, 0.15) is 98.8 Å². The van der Waals surface area contributed by atoms with Crippen LogP contribution in [-0.4, -0.2) is 23.7 Å². The predicted octanol–water partition coefficient (Wildman–Crippen LogP) is 7.74. The summed E-state index contributed by atoms with van der Waals surface area (Å²) >= 11 is 0. The highest BCUT2D eigenvalue weighted by molar-refractivity contribution is 5.66. The zero-order chi connectivity index (χ0) is 26.7. The molecule has 0 heterocycles. The molecule has 0 aliphatic heterocycles. The van der Waals surface area contributed by atoms with E-state index >= 15 is 0 Å². The van der Waals surface area contributed by atoms with Crippen molar-refractivity contribution in [3.05, 3.63) is 59.7 Å². The van der Waals surface area contributed by atoms with Crippen LogP contribution in [0.5, 0.6) is 5.75 Å². The largest absolute Gasteiger partial charge is 0.493 e. The molecule has 0 radical (unpaired) electrons. The lowest BCUT2D eigenvalue weighted by Gasteiger charge is -2.52. The van der Waals surface area contributed by atoms with Crippen molar-refractivity contribution in [1.82, 2.24) is 0 Å². The second kappa shape index (κ2) is 11.1. The molecule has 0 spiro atoms. The van der Waals surface area contributed by atoms with E-state index in [0.717, 1.165) is 18.5 Å². The zero-order valence-electron chi connectivity index (χ0n) is 23.7. The Bertz CT molecular complexity index is 1040. The number of anilines is 1. The van der Waals surface area contributed by atoms with Gasteiger partial charge in [-0.3, -0.25) is 4.79 Å². The maximum Gasteiger partial charge on any atom is 0.303 e. The van der Waals surface area contributed by atoms with Crippen molar-refractivity contribution >= 4 is 11.7 Å². The van der Waals surface area contributed by atoms with Gasteiger partial charge in [-0.15, -0.1) is 0 Å². The first-order chi connectivity index (χ1) is 17.6. The molecule has 0 aromatic heterocycles. The standard InChI is InChI=1S/C31H43NO3/c1-24(2)32(23-25-9-6-7-10-28(25)35-22-8-4-5-11-29(33)34)27-14-12-26(13-15-27)31-19-16-30(3,17-20-31)18-21-31/h6-7,9-10,12-15,24H,4-5,8,11,16-23H2,1-3H3,(H,33,34)/i23D2. The van der Waals surface area contributed by atoms with Gasteiger partial charge in [0.05, 0.1) is 9.35 Å². The van der Waals surface area contributed by atoms with Gasteiger partial charge in [-0.1, -0.05) is 37.3 Å². The van der Waals surface area contributed by atoms with Gasteiger partial charge in [0.2, 0.25) is 0 Å². The molecule has 4 nitrogen and oxygen atoms in total. The Morgan fingerprint density at radius 3 is 2.29 bits per heavy atom. The first-order valence-corrected chi connectivity index (χ1v) is 13.4. The van der Waals surface area contributed by atoms with Crippen LogP contribution < -0.4 is 9.64 Å². The molecule has 4 heteroatoms. The van der Waals surface area contributed by atoms with E-state index in [1.807, 2.05) is 43.0 Å². The molecule has 3 saturated carbocycles. The van der Waals surface area contributed by atoms with Crippen LogP contribution in [0, 0.1) is 5.41 Å². The summed E-state index contributed by atoms with van der Waals surface area (Å²) in [4.78, 5) is 12.6. The quantitative estimate of drug-likeness (QED) is 0.316. The molecule has 0 saturated heterocycles. The van der Waals surface area contributed by atoms with Gasteiger partial charge < -0.3 is 14.7 Å². The molecule has 2 aromatic rings. The van der Waals surface area contributed by atoms with Crippen LogP contribution in [0.2, 0.25) is 0 Å². The Labute approximate surface area is 214 Å². The van der Waals surface area contributed by atoms with E-state index in [1.165, 1.54) is 44.1 Å². The molecular weight excluding hydrogens is 434 g/mol. The van der Waals surface area contributed by atoms with Gasteiger partial charge in [-0.25, -0.2) is 0 Å². The fraction of sp³-hybridized carbons (Fsp3) is 0.581. The molecule has 0 amide bonds. The predicted molar refractivity (Wildman–Crippen MR) is 143 cm³/mol. The van der Waals surface area contributed by atoms with E-state index in [-0.39, 0.29) is 12.5 Å². The van der Waals surface area contributed by atoms with E-state index in [9.17, 15) is 7.54 Å². The van der Waals surface area contributed by atoms with Crippen molar-refractivity contribution in [1.29, 1.82) is 0 Å². The Hall–Kier alpha value is -2.49. The summed E-state index contributed by atoms with van der Waals surface area (Å²) in [5, 5.41) is 8.80. The molecule has 0 unspecified atom stereocenters. The van der Waals surface area contributed by atoms with Crippen LogP contribution in [0.25, 0.3) is 0 Å². The minimum absolute atomic E-state index is 0.0619. The van der Waals surface area contributed by atoms with Gasteiger partial charge in [-0.2, -0.15) is 0 Å². The van der Waals surface area contributed by atoms with Gasteiger partial charge in [0.25, 0.3) is 0 Å². The summed E-state index contributed by atoms with van der Waals surface area (Å²) in [6, 6.07) is 16.0. The molecule has 1 N–H and O–H groups in total. The molecule has 35 heavy (non-hydrogen) atoms. The van der Waals surface area contributed by atoms with E-state index in [2.05, 4.69) is 31.2 Å². The number of carboxylic acids is 1. The Kier molecular flexibility index (Phi) is 7.25. The number of ether oxygens (including phenoxy) is 1. The number of carbonyl (C=O) groups is 1. The molecule has 5 rings (SSSR count). The average Bonchev–Trinajstić information content (AvgIpc) is 2.87. The lowest BCUT2D eigenvalue weighted by Crippen LogP contribution is -2.42. The fourth-order valence-corrected chi connectivity index (χ4v) is 5.83. The van der Waals surface area contributed by atoms with Crippen LogP contribution in [0.4, 0.5) is 5.69 Å². The second-order valence-electron chi connectivity index (χ2n) is 11.3.